The fourth-order valence-electron chi connectivity index (χ4n) is 6.55. The first-order chi connectivity index (χ1) is 22.8. The van der Waals surface area contributed by atoms with Crippen LogP contribution in [0.5, 0.6) is 5.75 Å². The van der Waals surface area contributed by atoms with Gasteiger partial charge in [0.25, 0.3) is 5.91 Å². The molecule has 1 aliphatic carbocycles. The second-order valence-corrected chi connectivity index (χ2v) is 13.7. The largest absolute Gasteiger partial charge is 0.490 e. The maximum atomic E-state index is 14.4. The molecule has 1 aliphatic heterocycles. The lowest BCUT2D eigenvalue weighted by Crippen LogP contribution is -2.47. The van der Waals surface area contributed by atoms with Crippen molar-refractivity contribution in [2.45, 2.75) is 103 Å². The fourth-order valence-corrected chi connectivity index (χ4v) is 6.55. The topological polar surface area (TPSA) is 91.3 Å². The number of aliphatic hydroxyl groups is 1. The van der Waals surface area contributed by atoms with Gasteiger partial charge in [-0.25, -0.2) is 0 Å². The van der Waals surface area contributed by atoms with E-state index in [-0.39, 0.29) is 49.0 Å². The standard InChI is InChI=1S/C37H52F3N3O5/c1-25-21-43(26(2)24-44)36(46)32-20-31(41-35(45)29-11-6-5-7-12-29)17-18-33(32)48-27(3)10-8-9-19-47-34(25)23-42(4)22-28-13-15-30(16-14-28)37(38,39)40/h13-18,20,25-27,29,34,44H,5-12,19,21-24H2,1-4H3,(H,41,45)/t25-,26-,27+,34+/m0/s1. The maximum Gasteiger partial charge on any atom is 0.416 e. The van der Waals surface area contributed by atoms with Gasteiger partial charge in [-0.1, -0.05) is 38.3 Å². The van der Waals surface area contributed by atoms with Gasteiger partial charge in [-0.2, -0.15) is 13.2 Å². The van der Waals surface area contributed by atoms with E-state index in [0.29, 0.717) is 36.7 Å². The van der Waals surface area contributed by atoms with E-state index in [9.17, 15) is 27.9 Å². The molecule has 2 aliphatic rings. The number of rotatable bonds is 8. The van der Waals surface area contributed by atoms with Crippen molar-refractivity contribution in [3.8, 4) is 5.75 Å². The molecular formula is C37H52F3N3O5. The van der Waals surface area contributed by atoms with Gasteiger partial charge >= 0.3 is 6.18 Å². The lowest BCUT2D eigenvalue weighted by molar-refractivity contribution is -0.137. The van der Waals surface area contributed by atoms with Crippen molar-refractivity contribution in [2.24, 2.45) is 11.8 Å². The van der Waals surface area contributed by atoms with E-state index in [4.69, 9.17) is 9.47 Å². The molecule has 8 nitrogen and oxygen atoms in total. The number of nitrogens with one attached hydrogen (secondary N) is 1. The normalized spacial score (nSPS) is 22.8. The van der Waals surface area contributed by atoms with Gasteiger partial charge in [-0.05, 0) is 88.9 Å². The van der Waals surface area contributed by atoms with E-state index in [1.807, 2.05) is 25.8 Å². The molecule has 2 amide bonds. The summed E-state index contributed by atoms with van der Waals surface area (Å²) < 4.78 is 51.9. The number of aliphatic hydroxyl groups excluding tert-OH is 1. The molecule has 1 heterocycles. The Balaban J connectivity index is 1.56. The van der Waals surface area contributed by atoms with Crippen LogP contribution in [0.1, 0.15) is 93.6 Å². The van der Waals surface area contributed by atoms with Gasteiger partial charge in [-0.3, -0.25) is 14.5 Å². The molecule has 0 unspecified atom stereocenters. The van der Waals surface area contributed by atoms with Crippen LogP contribution in [0.2, 0.25) is 0 Å². The summed E-state index contributed by atoms with van der Waals surface area (Å²) in [6, 6.07) is 9.88. The molecule has 266 valence electrons. The average molecular weight is 676 g/mol. The Morgan fingerprint density at radius 3 is 2.40 bits per heavy atom. The molecule has 0 spiro atoms. The number of amides is 2. The van der Waals surface area contributed by atoms with Crippen molar-refractivity contribution in [3.63, 3.8) is 0 Å². The van der Waals surface area contributed by atoms with E-state index in [1.165, 1.54) is 12.1 Å². The molecule has 2 N–H and O–H groups in total. The van der Waals surface area contributed by atoms with Gasteiger partial charge in [0.15, 0.2) is 0 Å². The van der Waals surface area contributed by atoms with E-state index >= 15 is 0 Å². The van der Waals surface area contributed by atoms with E-state index in [0.717, 1.165) is 69.1 Å². The van der Waals surface area contributed by atoms with Crippen LogP contribution in [0, 0.1) is 11.8 Å². The third-order valence-corrected chi connectivity index (χ3v) is 9.52. The van der Waals surface area contributed by atoms with Crippen molar-refractivity contribution in [1.29, 1.82) is 0 Å². The first-order valence-corrected chi connectivity index (χ1v) is 17.3. The predicted molar refractivity (Wildman–Crippen MR) is 180 cm³/mol. The van der Waals surface area contributed by atoms with Crippen LogP contribution >= 0.6 is 0 Å². The highest BCUT2D eigenvalue weighted by atomic mass is 19.4. The first-order valence-electron chi connectivity index (χ1n) is 17.3. The number of likely N-dealkylation sites (N-methyl/N-ethyl adjacent to an activating group) is 1. The zero-order chi connectivity index (χ0) is 34.8. The molecular weight excluding hydrogens is 623 g/mol. The number of ether oxygens (including phenoxy) is 2. The molecule has 1 fully saturated rings. The first kappa shape index (κ1) is 37.7. The number of hydrogen-bond acceptors (Lipinski definition) is 6. The predicted octanol–water partition coefficient (Wildman–Crippen LogP) is 7.15. The van der Waals surface area contributed by atoms with Crippen LogP contribution in [-0.4, -0.2) is 78.3 Å². The highest BCUT2D eigenvalue weighted by Gasteiger charge is 2.32. The molecule has 1 saturated carbocycles. The number of hydrogen-bond donors (Lipinski definition) is 2. The second-order valence-electron chi connectivity index (χ2n) is 13.7. The highest BCUT2D eigenvalue weighted by Crippen LogP contribution is 2.31. The van der Waals surface area contributed by atoms with E-state index < -0.39 is 17.8 Å². The van der Waals surface area contributed by atoms with Crippen molar-refractivity contribution in [2.75, 3.05) is 38.7 Å². The van der Waals surface area contributed by atoms with Crippen LogP contribution < -0.4 is 10.1 Å². The zero-order valence-corrected chi connectivity index (χ0v) is 28.7. The van der Waals surface area contributed by atoms with Crippen molar-refractivity contribution in [1.82, 2.24) is 9.80 Å². The van der Waals surface area contributed by atoms with Crippen LogP contribution in [0.25, 0.3) is 0 Å². The van der Waals surface area contributed by atoms with E-state index in [2.05, 4.69) is 5.32 Å². The fraction of sp³-hybridized carbons (Fsp3) is 0.622. The summed E-state index contributed by atoms with van der Waals surface area (Å²) in [5.41, 5.74) is 0.928. The minimum atomic E-state index is -4.39. The van der Waals surface area contributed by atoms with E-state index in [1.54, 1.807) is 30.0 Å². The number of halogens is 3. The van der Waals surface area contributed by atoms with Gasteiger partial charge in [0, 0.05) is 43.8 Å². The molecule has 0 aromatic heterocycles. The molecule has 2 aromatic carbocycles. The quantitative estimate of drug-likeness (QED) is 0.309. The third-order valence-electron chi connectivity index (χ3n) is 9.52. The summed E-state index contributed by atoms with van der Waals surface area (Å²) in [6.07, 6.45) is 2.51. The van der Waals surface area contributed by atoms with Crippen molar-refractivity contribution < 1.29 is 37.3 Å². The van der Waals surface area contributed by atoms with Gasteiger partial charge in [0.05, 0.1) is 36.0 Å². The summed E-state index contributed by atoms with van der Waals surface area (Å²) in [5.74, 6) is -0.105. The lowest BCUT2D eigenvalue weighted by Gasteiger charge is -2.36. The monoisotopic (exact) mass is 675 g/mol. The zero-order valence-electron chi connectivity index (χ0n) is 28.7. The lowest BCUT2D eigenvalue weighted by atomic mass is 9.88. The van der Waals surface area contributed by atoms with Crippen LogP contribution in [-0.2, 0) is 22.3 Å². The number of carbonyl (C=O) groups is 2. The van der Waals surface area contributed by atoms with Crippen LogP contribution in [0.4, 0.5) is 18.9 Å². The smallest absolute Gasteiger partial charge is 0.416 e. The summed E-state index contributed by atoms with van der Waals surface area (Å²) in [4.78, 5) is 31.1. The van der Waals surface area contributed by atoms with Gasteiger partial charge in [0.2, 0.25) is 5.91 Å². The number of fused-ring (bicyclic) bond motifs is 1. The van der Waals surface area contributed by atoms with Crippen LogP contribution in [0.3, 0.4) is 0 Å². The molecule has 2 aromatic rings. The number of nitrogens with zero attached hydrogens (tertiary/aromatic N) is 2. The SMILES string of the molecule is C[C@@H]1CCCCO[C@H](CN(C)Cc2ccc(C(F)(F)F)cc2)[C@@H](C)CN([C@@H](C)CO)C(=O)c2cc(NC(=O)C3CCCCC3)ccc2O1. The third kappa shape index (κ3) is 10.7. The Bertz CT molecular complexity index is 1330. The number of alkyl halides is 3. The van der Waals surface area contributed by atoms with Gasteiger partial charge < -0.3 is 24.8 Å². The molecule has 0 saturated heterocycles. The maximum absolute atomic E-state index is 14.4. The van der Waals surface area contributed by atoms with Gasteiger partial charge in [-0.15, -0.1) is 0 Å². The number of carbonyl (C=O) groups excluding carboxylic acids is 2. The minimum Gasteiger partial charge on any atom is -0.490 e. The Kier molecular flexibility index (Phi) is 13.7. The average Bonchev–Trinajstić information content (AvgIpc) is 3.06. The molecule has 4 atom stereocenters. The van der Waals surface area contributed by atoms with Crippen LogP contribution in [0.15, 0.2) is 42.5 Å². The van der Waals surface area contributed by atoms with Crippen molar-refractivity contribution in [3.05, 3.63) is 59.2 Å². The summed E-state index contributed by atoms with van der Waals surface area (Å²) in [7, 11) is 1.90. The second kappa shape index (κ2) is 17.5. The Morgan fingerprint density at radius 2 is 1.73 bits per heavy atom. The summed E-state index contributed by atoms with van der Waals surface area (Å²) >= 11 is 0. The summed E-state index contributed by atoms with van der Waals surface area (Å²) in [5, 5.41) is 13.3. The molecule has 0 bridgehead atoms. The molecule has 48 heavy (non-hydrogen) atoms. The van der Waals surface area contributed by atoms with Gasteiger partial charge in [0.1, 0.15) is 5.75 Å². The number of benzene rings is 2. The number of anilines is 1. The highest BCUT2D eigenvalue weighted by molar-refractivity contribution is 6.00. The summed E-state index contributed by atoms with van der Waals surface area (Å²) in [6.45, 7) is 7.24. The minimum absolute atomic E-state index is 0.0353. The molecule has 11 heteroatoms. The Hall–Kier alpha value is -3.15. The van der Waals surface area contributed by atoms with Crippen molar-refractivity contribution >= 4 is 17.5 Å². The molecule has 0 radical (unpaired) electrons. The Morgan fingerprint density at radius 1 is 1.04 bits per heavy atom. The Labute approximate surface area is 283 Å². The molecule has 4 rings (SSSR count).